The Hall–Kier alpha value is -3.33. The largest absolute Gasteiger partial charge is 1.00 e. The van der Waals surface area contributed by atoms with Gasteiger partial charge in [-0.15, -0.1) is 0 Å². The third-order valence-electron chi connectivity index (χ3n) is 18.0. The van der Waals surface area contributed by atoms with E-state index in [1.165, 1.54) is 121 Å². The van der Waals surface area contributed by atoms with E-state index in [9.17, 15) is 67.3 Å². The molecular weight excluding hydrogens is 1590 g/mol. The van der Waals surface area contributed by atoms with Gasteiger partial charge in [-0.2, -0.15) is 0 Å². The number of ether oxygens (including phenoxy) is 6. The van der Waals surface area contributed by atoms with Gasteiger partial charge in [0.1, 0.15) is 19.8 Å². The van der Waals surface area contributed by atoms with Crippen molar-refractivity contribution in [3.63, 3.8) is 0 Å². The molecule has 0 aliphatic heterocycles. The molecule has 1 aromatic carbocycles. The first-order valence-corrected chi connectivity index (χ1v) is 46.5. The molecule has 0 saturated carbocycles. The number of hydrogen-bond donors (Lipinski definition) is 5. The third-order valence-corrected chi connectivity index (χ3v) is 19.4. The zero-order valence-corrected chi connectivity index (χ0v) is 78.4. The summed E-state index contributed by atoms with van der Waals surface area (Å²) in [5.74, 6) is -3.02. The maximum atomic E-state index is 12.3. The molecule has 3 unspecified atom stereocenters. The van der Waals surface area contributed by atoms with E-state index in [2.05, 4.69) is 80.6 Å². The molecule has 116 heavy (non-hydrogen) atoms. The summed E-state index contributed by atoms with van der Waals surface area (Å²) in [6, 6.07) is 2.81. The van der Waals surface area contributed by atoms with Crippen LogP contribution in [0.3, 0.4) is 0 Å². The molecule has 0 bridgehead atoms. The number of aromatic nitrogens is 2. The van der Waals surface area contributed by atoms with Gasteiger partial charge in [0.25, 0.3) is 23.5 Å². The molecular formula is C79H144N5Na2O27P3. The Balaban J connectivity index is -0.000000823. The number of allylic oxidation sites excluding steroid dienone is 2. The number of benzene rings is 1. The predicted molar refractivity (Wildman–Crippen MR) is 431 cm³/mol. The molecule has 2 rings (SSSR count). The van der Waals surface area contributed by atoms with Crippen LogP contribution in [0.5, 0.6) is 0 Å². The molecule has 664 valence electrons. The summed E-state index contributed by atoms with van der Waals surface area (Å²) >= 11 is 0. The van der Waals surface area contributed by atoms with Gasteiger partial charge in [0, 0.05) is 51.1 Å². The first kappa shape index (κ1) is 119. The van der Waals surface area contributed by atoms with Gasteiger partial charge in [-0.3, -0.25) is 52.6 Å². The number of hydrogen-bond acceptors (Lipinski definition) is 27. The van der Waals surface area contributed by atoms with Gasteiger partial charge in [0.15, 0.2) is 23.8 Å². The van der Waals surface area contributed by atoms with Crippen LogP contribution >= 0.6 is 23.5 Å². The Morgan fingerprint density at radius 1 is 0.397 bits per heavy atom. The molecule has 1 heterocycles. The van der Waals surface area contributed by atoms with Gasteiger partial charge in [0.2, 0.25) is 5.52 Å². The molecule has 37 heteroatoms. The number of rotatable bonds is 73. The van der Waals surface area contributed by atoms with Crippen molar-refractivity contribution in [3.8, 4) is 0 Å². The van der Waals surface area contributed by atoms with E-state index in [1.807, 2.05) is 0 Å². The Labute approximate surface area is 735 Å². The molecule has 0 amide bonds. The number of non-ortho nitro benzene ring substituents is 1. The van der Waals surface area contributed by atoms with Gasteiger partial charge in [0.05, 0.1) is 30.4 Å². The number of quaternary nitrogens is 1. The van der Waals surface area contributed by atoms with Crippen LogP contribution in [0.15, 0.2) is 28.9 Å². The van der Waals surface area contributed by atoms with Crippen LogP contribution in [0.25, 0.3) is 11.0 Å². The van der Waals surface area contributed by atoms with E-state index >= 15 is 0 Å². The van der Waals surface area contributed by atoms with Crippen LogP contribution in [0.4, 0.5) is 11.4 Å². The minimum Gasteiger partial charge on any atom is -0.756 e. The average Bonchev–Trinajstić information content (AvgIpc) is 1.18. The number of nitrogens with one attached hydrogen (secondary N) is 1. The van der Waals surface area contributed by atoms with Crippen LogP contribution < -0.4 is 85.3 Å². The second kappa shape index (κ2) is 80.1. The van der Waals surface area contributed by atoms with Crippen molar-refractivity contribution in [1.82, 2.24) is 16.5 Å². The maximum Gasteiger partial charge on any atom is 1.00 e. The summed E-state index contributed by atoms with van der Waals surface area (Å²) in [6.07, 6.45) is 49.4. The Kier molecular flexibility index (Phi) is 82.2. The van der Waals surface area contributed by atoms with Crippen molar-refractivity contribution >= 4 is 81.7 Å². The standard InChI is InChI=1S/C37H71O8P.C23H35N4O11P.C19H37O8P.H3N.2Na/c1-3-5-7-9-11-13-15-17-18-20-22-24-26-28-30-32-37(39)45-35(34-44-46(40,41)42)33-43-36(38)31-29-27-25-23-21-19-16-14-12-10-8-6-4-2;1-2-3-4-5-7-10-20(28)35-15-17(16-36-39(32,33)34)37-21(29)11-8-6-9-14-24-18-12-13-19(27(30)31)23-22(18)25-38-26-23;1-3-5-7-9-11-13-18(20)25-15-17(16-26-28(22,23)24)27-19(21)14-12-10-8-6-4-2;;;/h17-18,35H,3-16,19-34H2,1-2H3,(H2,40,41,42);12-13,17,24H,2-11,14-16H2,1H3,(H2,32,33,34);17H,3-16H2,1-2H3,(H2,22,23,24);1H3;;/q;;;;2*+1/p-2/b18-17-;;;;;/t35-;2*17-;;;/m111.../s1. The van der Waals surface area contributed by atoms with E-state index in [0.29, 0.717) is 57.2 Å². The fourth-order valence-electron chi connectivity index (χ4n) is 11.6. The number of unbranched alkanes of at least 4 members (excludes halogenated alkanes) is 37. The van der Waals surface area contributed by atoms with Crippen LogP contribution in [-0.4, -0.2) is 130 Å². The summed E-state index contributed by atoms with van der Waals surface area (Å²) in [7, 11) is -15.0. The number of nitro benzene ring substituents is 1. The molecule has 2 aromatic rings. The SMILES string of the molecule is CCCCCCCC(=O)OC[C@H](COP(=O)([O-])O)OC(=O)CCCCCCC.CCCCCCCC(=O)OC[C@H](COP(=O)([O-])O)OC(=O)CCCCCNc1ccc([N+](=O)[O-])c2nonc12.CCCCCCCC/C=C\CCCCCCCC(=O)O[C@H](COC(=O)CCCCCCCCCCCCCCC)COP(=O)([O-])O.[NH4+].[Na+].[Na+]. The van der Waals surface area contributed by atoms with E-state index in [1.54, 1.807) is 0 Å². The predicted octanol–water partition coefficient (Wildman–Crippen LogP) is 11.9. The Morgan fingerprint density at radius 2 is 0.647 bits per heavy atom. The molecule has 1 aromatic heterocycles. The minimum atomic E-state index is -5.05. The number of esters is 6. The quantitative estimate of drug-likeness (QED) is 0.00600. The number of carbonyl (C=O) groups excluding carboxylic acids is 6. The zero-order valence-electron chi connectivity index (χ0n) is 71.7. The second-order valence-corrected chi connectivity index (χ2v) is 32.2. The molecule has 0 spiro atoms. The molecule has 0 aliphatic carbocycles. The number of nitrogens with zero attached hydrogens (tertiary/aromatic N) is 3. The van der Waals surface area contributed by atoms with Crippen LogP contribution in [0.1, 0.15) is 356 Å². The van der Waals surface area contributed by atoms with Crippen molar-refractivity contribution in [3.05, 3.63) is 34.4 Å². The van der Waals surface area contributed by atoms with Crippen molar-refractivity contribution in [2.24, 2.45) is 0 Å². The summed E-state index contributed by atoms with van der Waals surface area (Å²) in [6.45, 7) is 8.36. The Bertz CT molecular complexity index is 2960. The first-order valence-electron chi connectivity index (χ1n) is 42.1. The van der Waals surface area contributed by atoms with E-state index < -0.39 is 109 Å². The van der Waals surface area contributed by atoms with Crippen LogP contribution in [0, 0.1) is 10.1 Å². The normalized spacial score (nSPS) is 13.4. The third kappa shape index (κ3) is 78.0. The van der Waals surface area contributed by atoms with E-state index in [-0.39, 0.29) is 134 Å². The van der Waals surface area contributed by atoms with Crippen molar-refractivity contribution in [2.45, 2.75) is 374 Å². The number of phosphoric ester groups is 3. The summed E-state index contributed by atoms with van der Waals surface area (Å²) in [4.78, 5) is 142. The topological polar surface area (TPSA) is 497 Å². The van der Waals surface area contributed by atoms with Crippen LogP contribution in [0.2, 0.25) is 0 Å². The molecule has 0 fully saturated rings. The summed E-state index contributed by atoms with van der Waals surface area (Å²) < 4.78 is 81.4. The monoisotopic (exact) mass is 1730 g/mol. The number of carbonyl (C=O) groups is 6. The fraction of sp³-hybridized carbons (Fsp3) is 0.823. The van der Waals surface area contributed by atoms with Gasteiger partial charge < -0.3 is 82.8 Å². The molecule has 0 aliphatic rings. The fourth-order valence-corrected chi connectivity index (χ4v) is 12.6. The zero-order chi connectivity index (χ0) is 83.9. The smallest absolute Gasteiger partial charge is 0.756 e. The molecule has 8 N–H and O–H groups in total. The number of phosphoric acid groups is 3. The van der Waals surface area contributed by atoms with Gasteiger partial charge in [-0.25, -0.2) is 4.63 Å². The maximum absolute atomic E-state index is 12.3. The first-order chi connectivity index (χ1) is 54.2. The van der Waals surface area contributed by atoms with E-state index in [4.69, 9.17) is 43.1 Å². The van der Waals surface area contributed by atoms with Gasteiger partial charge in [-0.05, 0) is 87.0 Å². The van der Waals surface area contributed by atoms with Crippen molar-refractivity contribution < 1.29 is 182 Å². The summed E-state index contributed by atoms with van der Waals surface area (Å²) in [5.41, 5.74) is 0.588. The number of nitro groups is 1. The van der Waals surface area contributed by atoms with Crippen LogP contribution in [-0.2, 0) is 84.5 Å². The molecule has 6 atom stereocenters. The van der Waals surface area contributed by atoms with Crippen molar-refractivity contribution in [2.75, 3.05) is 51.5 Å². The Morgan fingerprint density at radius 3 is 0.922 bits per heavy atom. The average molecular weight is 1730 g/mol. The van der Waals surface area contributed by atoms with E-state index in [0.717, 1.165) is 128 Å². The van der Waals surface area contributed by atoms with Gasteiger partial charge in [-0.1, -0.05) is 259 Å². The molecule has 0 saturated heterocycles. The number of fused-ring (bicyclic) bond motifs is 1. The van der Waals surface area contributed by atoms with Crippen molar-refractivity contribution in [1.29, 1.82) is 0 Å². The molecule has 0 radical (unpaired) electrons. The van der Waals surface area contributed by atoms with Gasteiger partial charge >= 0.3 is 101 Å². The summed E-state index contributed by atoms with van der Waals surface area (Å²) in [5, 5.41) is 21.4. The number of anilines is 1. The second-order valence-electron chi connectivity index (χ2n) is 28.6. The molecule has 32 nitrogen and oxygen atoms in total. The minimum absolute atomic E-state index is 0.